The molecule has 2 aromatic carbocycles. The molecule has 0 fully saturated rings. The van der Waals surface area contributed by atoms with Gasteiger partial charge in [0.25, 0.3) is 0 Å². The highest BCUT2D eigenvalue weighted by Crippen LogP contribution is 2.41. The van der Waals surface area contributed by atoms with E-state index in [2.05, 4.69) is 0 Å². The van der Waals surface area contributed by atoms with E-state index in [1.165, 1.54) is 0 Å². The van der Waals surface area contributed by atoms with E-state index in [-0.39, 0.29) is 0 Å². The Bertz CT molecular complexity index is 573. The van der Waals surface area contributed by atoms with Gasteiger partial charge in [-0.1, -0.05) is 6.07 Å². The van der Waals surface area contributed by atoms with Crippen molar-refractivity contribution >= 4 is 5.69 Å². The number of hydrogen-bond donors (Lipinski definition) is 1. The maximum atomic E-state index is 5.75. The Kier molecular flexibility index (Phi) is 4.20. The molecule has 0 bridgehead atoms. The van der Waals surface area contributed by atoms with Crippen LogP contribution in [0.2, 0.25) is 0 Å². The predicted octanol–water partition coefficient (Wildman–Crippen LogP) is 3.09. The summed E-state index contributed by atoms with van der Waals surface area (Å²) in [6.07, 6.45) is 0. The van der Waals surface area contributed by atoms with Gasteiger partial charge in [0.05, 0.1) is 21.3 Å². The highest BCUT2D eigenvalue weighted by atomic mass is 16.5. The monoisotopic (exact) mass is 275 g/mol. The van der Waals surface area contributed by atoms with Gasteiger partial charge in [0.1, 0.15) is 11.5 Å². The molecule has 0 amide bonds. The molecule has 0 saturated carbocycles. The van der Waals surface area contributed by atoms with E-state index in [0.29, 0.717) is 34.4 Å². The maximum Gasteiger partial charge on any atom is 0.203 e. The summed E-state index contributed by atoms with van der Waals surface area (Å²) in [6.45, 7) is 0. The average molecular weight is 275 g/mol. The van der Waals surface area contributed by atoms with E-state index >= 15 is 0 Å². The zero-order valence-electron chi connectivity index (χ0n) is 11.7. The van der Waals surface area contributed by atoms with Gasteiger partial charge in [0, 0.05) is 23.9 Å². The van der Waals surface area contributed by atoms with Crippen LogP contribution in [0.3, 0.4) is 0 Å². The van der Waals surface area contributed by atoms with Crippen molar-refractivity contribution in [3.63, 3.8) is 0 Å². The lowest BCUT2D eigenvalue weighted by atomic mass is 10.2. The maximum absolute atomic E-state index is 5.75. The van der Waals surface area contributed by atoms with Gasteiger partial charge in [0.2, 0.25) is 5.75 Å². The number of hydrogen-bond acceptors (Lipinski definition) is 5. The number of benzene rings is 2. The summed E-state index contributed by atoms with van der Waals surface area (Å²) in [5, 5.41) is 0. The van der Waals surface area contributed by atoms with Crippen molar-refractivity contribution in [2.75, 3.05) is 27.1 Å². The summed E-state index contributed by atoms with van der Waals surface area (Å²) < 4.78 is 21.5. The summed E-state index contributed by atoms with van der Waals surface area (Å²) in [4.78, 5) is 0. The van der Waals surface area contributed by atoms with Crippen LogP contribution >= 0.6 is 0 Å². The number of anilines is 1. The van der Waals surface area contributed by atoms with Crippen molar-refractivity contribution in [2.45, 2.75) is 0 Å². The van der Waals surface area contributed by atoms with Crippen molar-refractivity contribution in [1.29, 1.82) is 0 Å². The van der Waals surface area contributed by atoms with Crippen LogP contribution in [-0.4, -0.2) is 21.3 Å². The first kappa shape index (κ1) is 13.9. The van der Waals surface area contributed by atoms with Crippen LogP contribution in [0.15, 0.2) is 36.4 Å². The molecule has 0 spiro atoms. The Balaban J connectivity index is 2.37. The van der Waals surface area contributed by atoms with E-state index in [1.54, 1.807) is 45.6 Å². The molecule has 0 radical (unpaired) electrons. The molecule has 0 unspecified atom stereocenters. The molecule has 5 nitrogen and oxygen atoms in total. The van der Waals surface area contributed by atoms with Gasteiger partial charge in [-0.2, -0.15) is 0 Å². The van der Waals surface area contributed by atoms with Crippen LogP contribution in [0, 0.1) is 0 Å². The lowest BCUT2D eigenvalue weighted by Gasteiger charge is -2.14. The molecule has 20 heavy (non-hydrogen) atoms. The highest BCUT2D eigenvalue weighted by Gasteiger charge is 2.14. The van der Waals surface area contributed by atoms with Crippen LogP contribution < -0.4 is 24.7 Å². The Morgan fingerprint density at radius 2 is 1.45 bits per heavy atom. The lowest BCUT2D eigenvalue weighted by molar-refractivity contribution is 0.321. The van der Waals surface area contributed by atoms with Crippen LogP contribution in [0.1, 0.15) is 0 Å². The molecule has 106 valence electrons. The number of ether oxygens (including phenoxy) is 4. The quantitative estimate of drug-likeness (QED) is 0.849. The minimum absolute atomic E-state index is 0.523. The first-order valence-electron chi connectivity index (χ1n) is 6.01. The van der Waals surface area contributed by atoms with E-state index in [1.807, 2.05) is 12.1 Å². The minimum atomic E-state index is 0.523. The van der Waals surface area contributed by atoms with Gasteiger partial charge in [-0.05, 0) is 12.1 Å². The molecule has 2 rings (SSSR count). The second-order valence-corrected chi connectivity index (χ2v) is 4.04. The summed E-state index contributed by atoms with van der Waals surface area (Å²) in [7, 11) is 4.67. The predicted molar refractivity (Wildman–Crippen MR) is 77.0 cm³/mol. The van der Waals surface area contributed by atoms with Crippen LogP contribution in [0.5, 0.6) is 28.7 Å². The van der Waals surface area contributed by atoms with Crippen molar-refractivity contribution in [3.05, 3.63) is 36.4 Å². The topological polar surface area (TPSA) is 62.9 Å². The molecule has 2 aromatic rings. The zero-order chi connectivity index (χ0) is 14.5. The molecule has 0 aliphatic rings. The van der Waals surface area contributed by atoms with Crippen LogP contribution in [-0.2, 0) is 0 Å². The van der Waals surface area contributed by atoms with E-state index < -0.39 is 0 Å². The molecular weight excluding hydrogens is 258 g/mol. The fraction of sp³-hybridized carbons (Fsp3) is 0.200. The summed E-state index contributed by atoms with van der Waals surface area (Å²) in [5.74, 6) is 2.80. The van der Waals surface area contributed by atoms with E-state index in [4.69, 9.17) is 24.7 Å². The van der Waals surface area contributed by atoms with Crippen LogP contribution in [0.25, 0.3) is 0 Å². The van der Waals surface area contributed by atoms with Crippen molar-refractivity contribution in [2.24, 2.45) is 0 Å². The highest BCUT2D eigenvalue weighted by molar-refractivity contribution is 5.57. The summed E-state index contributed by atoms with van der Waals surface area (Å²) in [6, 6.07) is 10.6. The molecule has 0 atom stereocenters. The average Bonchev–Trinajstić information content (AvgIpc) is 2.46. The first-order valence-corrected chi connectivity index (χ1v) is 6.01. The molecule has 0 aromatic heterocycles. The molecule has 0 saturated heterocycles. The number of methoxy groups -OCH3 is 3. The standard InChI is InChI=1S/C15H17NO4/c1-17-13-8-12(9-14(18-2)15(13)19-3)20-11-6-4-5-10(16)7-11/h4-9H,16H2,1-3H3. The summed E-state index contributed by atoms with van der Waals surface area (Å²) >= 11 is 0. The van der Waals surface area contributed by atoms with Gasteiger partial charge in [-0.3, -0.25) is 0 Å². The molecule has 0 aliphatic heterocycles. The second-order valence-electron chi connectivity index (χ2n) is 4.04. The smallest absolute Gasteiger partial charge is 0.203 e. The van der Waals surface area contributed by atoms with Gasteiger partial charge < -0.3 is 24.7 Å². The van der Waals surface area contributed by atoms with E-state index in [0.717, 1.165) is 0 Å². The number of nitrogen functional groups attached to an aromatic ring is 1. The van der Waals surface area contributed by atoms with Crippen LogP contribution in [0.4, 0.5) is 5.69 Å². The first-order chi connectivity index (χ1) is 9.67. The third-order valence-corrected chi connectivity index (χ3v) is 2.73. The van der Waals surface area contributed by atoms with Crippen molar-refractivity contribution < 1.29 is 18.9 Å². The third-order valence-electron chi connectivity index (χ3n) is 2.73. The SMILES string of the molecule is COc1cc(Oc2cccc(N)c2)cc(OC)c1OC. The largest absolute Gasteiger partial charge is 0.493 e. The fourth-order valence-electron chi connectivity index (χ4n) is 1.83. The van der Waals surface area contributed by atoms with Gasteiger partial charge in [0.15, 0.2) is 11.5 Å². The summed E-state index contributed by atoms with van der Waals surface area (Å²) in [5.41, 5.74) is 6.35. The normalized spacial score (nSPS) is 9.95. The molecule has 2 N–H and O–H groups in total. The van der Waals surface area contributed by atoms with Crippen molar-refractivity contribution in [1.82, 2.24) is 0 Å². The lowest BCUT2D eigenvalue weighted by Crippen LogP contribution is -1.96. The van der Waals surface area contributed by atoms with E-state index in [9.17, 15) is 0 Å². The van der Waals surface area contributed by atoms with Gasteiger partial charge in [-0.15, -0.1) is 0 Å². The zero-order valence-corrected chi connectivity index (χ0v) is 11.7. The number of rotatable bonds is 5. The Labute approximate surface area is 117 Å². The Hall–Kier alpha value is -2.56. The molecule has 0 aliphatic carbocycles. The third kappa shape index (κ3) is 2.88. The van der Waals surface area contributed by atoms with Gasteiger partial charge in [-0.25, -0.2) is 0 Å². The molecule has 0 heterocycles. The van der Waals surface area contributed by atoms with Crippen molar-refractivity contribution in [3.8, 4) is 28.7 Å². The Morgan fingerprint density at radius 3 is 1.95 bits per heavy atom. The molecular formula is C15H17NO4. The number of nitrogens with two attached hydrogens (primary N) is 1. The second kappa shape index (κ2) is 6.06. The molecule has 5 heteroatoms. The fourth-order valence-corrected chi connectivity index (χ4v) is 1.83. The Morgan fingerprint density at radius 1 is 0.800 bits per heavy atom. The van der Waals surface area contributed by atoms with Gasteiger partial charge >= 0.3 is 0 Å². The minimum Gasteiger partial charge on any atom is -0.493 e.